The van der Waals surface area contributed by atoms with Crippen molar-refractivity contribution in [3.8, 4) is 28.5 Å². The second kappa shape index (κ2) is 22.9. The molecule has 20 heteroatoms. The number of nitrogens with zero attached hydrogens (tertiary/aromatic N) is 15. The van der Waals surface area contributed by atoms with Gasteiger partial charge in [0.15, 0.2) is 23.3 Å². The summed E-state index contributed by atoms with van der Waals surface area (Å²) in [6.07, 6.45) is 1.48. The van der Waals surface area contributed by atoms with Crippen LogP contribution in [0.25, 0.3) is 10.3 Å². The van der Waals surface area contributed by atoms with Gasteiger partial charge in [0.1, 0.15) is 46.5 Å². The predicted molar refractivity (Wildman–Crippen MR) is 329 cm³/mol. The van der Waals surface area contributed by atoms with E-state index < -0.39 is 5.41 Å². The maximum Gasteiger partial charge on any atom is 0.236 e. The van der Waals surface area contributed by atoms with E-state index in [1.165, 1.54) is 21.1 Å². The molecule has 0 aliphatic carbocycles. The van der Waals surface area contributed by atoms with Gasteiger partial charge in [-0.2, -0.15) is 25.6 Å². The number of aryl methyl sites for hydroxylation is 13. The van der Waals surface area contributed by atoms with Gasteiger partial charge in [-0.3, -0.25) is 0 Å². The molecule has 83 heavy (non-hydrogen) atoms. The molecule has 9 rings (SSSR count). The topological polar surface area (TPSA) is 256 Å². The summed E-state index contributed by atoms with van der Waals surface area (Å²) < 4.78 is 2.84. The van der Waals surface area contributed by atoms with E-state index in [9.17, 15) is 15.8 Å². The third-order valence-electron chi connectivity index (χ3n) is 14.2. The van der Waals surface area contributed by atoms with Crippen molar-refractivity contribution in [2.24, 2.45) is 20.5 Å². The molecule has 0 bridgehead atoms. The number of pyridine rings is 2. The first-order valence-electron chi connectivity index (χ1n) is 26.9. The number of hydrogen-bond donors (Lipinski definition) is 4. The smallest absolute Gasteiger partial charge is 0.236 e. The van der Waals surface area contributed by atoms with Crippen LogP contribution in [0.5, 0.6) is 0 Å². The lowest BCUT2D eigenvalue weighted by molar-refractivity contribution is 0.558. The number of aromatic nitrogens is 8. The normalized spacial score (nSPS) is 11.5. The molecule has 0 radical (unpaired) electrons. The Morgan fingerprint density at radius 1 is 0.470 bits per heavy atom. The average Bonchev–Trinajstić information content (AvgIpc) is 3.40. The van der Waals surface area contributed by atoms with Crippen LogP contribution in [0.3, 0.4) is 0 Å². The zero-order valence-corrected chi connectivity index (χ0v) is 50.7. The quantitative estimate of drug-likeness (QED) is 0.0740. The van der Waals surface area contributed by atoms with E-state index in [4.69, 9.17) is 25.3 Å². The number of benzene rings is 4. The second-order valence-corrected chi connectivity index (χ2v) is 23.3. The van der Waals surface area contributed by atoms with Gasteiger partial charge in [0.25, 0.3) is 0 Å². The minimum Gasteiger partial charge on any atom is -0.340 e. The molecule has 0 saturated carbocycles. The molecule has 5 heterocycles. The van der Waals surface area contributed by atoms with Gasteiger partial charge in [0.05, 0.1) is 17.5 Å². The second-order valence-electron chi connectivity index (χ2n) is 22.4. The number of anilines is 8. The van der Waals surface area contributed by atoms with E-state index in [1.54, 1.807) is 6.92 Å². The maximum atomic E-state index is 10.8. The number of hydrogen-bond acceptors (Lipinski definition) is 18. The first-order chi connectivity index (χ1) is 39.3. The zero-order valence-electron chi connectivity index (χ0n) is 49.9. The van der Waals surface area contributed by atoms with Crippen LogP contribution in [-0.2, 0) is 5.41 Å². The van der Waals surface area contributed by atoms with E-state index in [-0.39, 0.29) is 44.3 Å². The van der Waals surface area contributed by atoms with Crippen LogP contribution in [0, 0.1) is 131 Å². The molecule has 0 atom stereocenters. The summed E-state index contributed by atoms with van der Waals surface area (Å²) in [5, 5.41) is 84.1. The molecule has 0 aliphatic rings. The molecule has 9 aromatic rings. The zero-order chi connectivity index (χ0) is 59.9. The molecule has 418 valence electrons. The van der Waals surface area contributed by atoms with Crippen LogP contribution in [0.15, 0.2) is 81.3 Å². The number of azo groups is 2. The molecule has 0 amide bonds. The summed E-state index contributed by atoms with van der Waals surface area (Å²) >= 11 is 1.09. The molecular formula is C63H65N19S. The van der Waals surface area contributed by atoms with Crippen molar-refractivity contribution in [2.75, 3.05) is 21.3 Å². The lowest BCUT2D eigenvalue weighted by atomic mass is 9.90. The van der Waals surface area contributed by atoms with Crippen molar-refractivity contribution in [1.82, 2.24) is 39.7 Å². The van der Waals surface area contributed by atoms with Gasteiger partial charge in [-0.1, -0.05) is 103 Å². The highest BCUT2D eigenvalue weighted by Gasteiger charge is 2.30. The van der Waals surface area contributed by atoms with Crippen LogP contribution >= 0.6 is 11.3 Å². The summed E-state index contributed by atoms with van der Waals surface area (Å²) in [6, 6.07) is 25.6. The maximum absolute atomic E-state index is 10.8. The monoisotopic (exact) mass is 1120 g/mol. The van der Waals surface area contributed by atoms with Crippen LogP contribution < -0.4 is 21.3 Å². The number of rotatable bonds is 14. The Bertz CT molecular complexity index is 4200. The minimum atomic E-state index is -0.604. The van der Waals surface area contributed by atoms with Gasteiger partial charge in [0.2, 0.25) is 16.1 Å². The fourth-order valence-corrected chi connectivity index (χ4v) is 11.3. The number of nitriles is 3. The fourth-order valence-electron chi connectivity index (χ4n) is 10.5. The predicted octanol–water partition coefficient (Wildman–Crippen LogP) is 16.7. The molecule has 19 nitrogen and oxygen atoms in total. The largest absolute Gasteiger partial charge is 0.340 e. The van der Waals surface area contributed by atoms with E-state index >= 15 is 0 Å². The van der Waals surface area contributed by atoms with E-state index in [0.29, 0.717) is 40.2 Å². The van der Waals surface area contributed by atoms with Crippen molar-refractivity contribution in [2.45, 2.75) is 123 Å². The van der Waals surface area contributed by atoms with Crippen LogP contribution in [-0.4, -0.2) is 39.7 Å². The average molecular weight is 1120 g/mol. The highest BCUT2D eigenvalue weighted by Crippen LogP contribution is 2.42. The van der Waals surface area contributed by atoms with Gasteiger partial charge in [0, 0.05) is 33.7 Å². The molecule has 0 unspecified atom stereocenters. The molecule has 4 aromatic carbocycles. The number of nitrogens with one attached hydrogen (secondary N) is 4. The van der Waals surface area contributed by atoms with Crippen LogP contribution in [0.1, 0.15) is 121 Å². The molecule has 5 aromatic heterocycles. The molecule has 0 fully saturated rings. The van der Waals surface area contributed by atoms with Gasteiger partial charge < -0.3 is 21.3 Å². The highest BCUT2D eigenvalue weighted by atomic mass is 32.1. The van der Waals surface area contributed by atoms with Gasteiger partial charge in [-0.25, -0.2) is 14.6 Å². The Hall–Kier alpha value is -9.97. The van der Waals surface area contributed by atoms with Gasteiger partial charge in [-0.15, -0.1) is 35.8 Å². The summed E-state index contributed by atoms with van der Waals surface area (Å²) in [6.45, 7) is 34.1. The van der Waals surface area contributed by atoms with Crippen LogP contribution in [0.4, 0.5) is 69.0 Å². The van der Waals surface area contributed by atoms with E-state index in [1.807, 2.05) is 89.2 Å². The van der Waals surface area contributed by atoms with Crippen molar-refractivity contribution in [3.05, 3.63) is 161 Å². The Balaban J connectivity index is 1.11. The molecule has 0 saturated heterocycles. The van der Waals surface area contributed by atoms with Crippen molar-refractivity contribution in [1.29, 1.82) is 15.8 Å². The Morgan fingerprint density at radius 2 is 0.916 bits per heavy atom. The Morgan fingerprint density at radius 3 is 1.39 bits per heavy atom. The first-order valence-corrected chi connectivity index (χ1v) is 27.7. The van der Waals surface area contributed by atoms with Gasteiger partial charge >= 0.3 is 0 Å². The minimum absolute atomic E-state index is 0.0194. The van der Waals surface area contributed by atoms with Crippen molar-refractivity contribution in [3.63, 3.8) is 0 Å². The van der Waals surface area contributed by atoms with Crippen molar-refractivity contribution < 1.29 is 0 Å². The molecular weight excluding hydrogens is 1050 g/mol. The van der Waals surface area contributed by atoms with E-state index in [2.05, 4.69) is 141 Å². The Kier molecular flexibility index (Phi) is 15.9. The fraction of sp³-hybridized carbons (Fsp3) is 0.286. The SMILES string of the molecule is Cc1cc(C)c(Nc2cc(C)c(N=Nc3c(C#N)c(C(C)(C)C)nn3-c3nnc(-n4cc(C#N)c(N=Nc5c(Nc6c(C)cc(C)cc6C)nc(Nc6c(C)cc(C)cc6C)c(C#N)c5C)n4)s3)c(Nc3c(C)cc(C)cc3C)n2)c(C)c1. The summed E-state index contributed by atoms with van der Waals surface area (Å²) in [5.74, 6) is 1.85. The van der Waals surface area contributed by atoms with Crippen LogP contribution in [0.2, 0.25) is 0 Å². The third kappa shape index (κ3) is 11.8. The van der Waals surface area contributed by atoms with Crippen molar-refractivity contribution >= 4 is 80.4 Å². The van der Waals surface area contributed by atoms with E-state index in [0.717, 1.165) is 101 Å². The standard InChI is InChI=1S/C63H65N19S/c1-31-18-35(5)49(36(6)19-31)67-48-26-43(13)53(58(68-48)70-51-39(9)22-33(3)23-40(51)10)73-76-60-47(29-66)55(63(15,16)17)79-82(60)62-78-77-61(83-62)81-30-45(27-64)56(80-81)75-74-54-44(14)46(28-65)57(69-50-37(7)20-32(2)21-38(50)8)72-59(54)71-52-41(11)24-34(4)25-42(52)12/h18-26,30H,1-17H3,(H2,67,68,70)(H2,69,71,72). The molecule has 4 N–H and O–H groups in total. The highest BCUT2D eigenvalue weighted by molar-refractivity contribution is 7.16. The summed E-state index contributed by atoms with van der Waals surface area (Å²) in [7, 11) is 0. The lowest BCUT2D eigenvalue weighted by Gasteiger charge is -2.19. The summed E-state index contributed by atoms with van der Waals surface area (Å²) in [5.41, 5.74) is 18.7. The van der Waals surface area contributed by atoms with Gasteiger partial charge in [-0.05, 0) is 153 Å². The molecule has 0 aliphatic heterocycles. The third-order valence-corrected chi connectivity index (χ3v) is 15.1. The summed E-state index contributed by atoms with van der Waals surface area (Å²) in [4.78, 5) is 10.1. The Labute approximate surface area is 488 Å². The molecule has 0 spiro atoms. The first kappa shape index (κ1) is 57.7. The lowest BCUT2D eigenvalue weighted by Crippen LogP contribution is -2.14.